The highest BCUT2D eigenvalue weighted by Crippen LogP contribution is 2.39. The number of rotatable bonds is 2. The highest BCUT2D eigenvalue weighted by molar-refractivity contribution is 7.88. The van der Waals surface area contributed by atoms with E-state index in [2.05, 4.69) is 4.98 Å². The van der Waals surface area contributed by atoms with E-state index in [1.165, 1.54) is 17.6 Å². The predicted octanol–water partition coefficient (Wildman–Crippen LogP) is 0.783. The van der Waals surface area contributed by atoms with Crippen LogP contribution in [0, 0.1) is 0 Å². The van der Waals surface area contributed by atoms with Gasteiger partial charge in [-0.15, -0.1) is 11.3 Å². The average molecular weight is 315 g/mol. The predicted molar refractivity (Wildman–Crippen MR) is 76.1 cm³/mol. The average Bonchev–Trinajstić information content (AvgIpc) is 3.09. The summed E-state index contributed by atoms with van der Waals surface area (Å²) >= 11 is 1.39. The van der Waals surface area contributed by atoms with Crippen molar-refractivity contribution in [1.29, 1.82) is 0 Å². The molecule has 1 aromatic heterocycles. The first-order valence-corrected chi connectivity index (χ1v) is 9.37. The molecule has 3 rings (SSSR count). The molecule has 2 aliphatic rings. The third kappa shape index (κ3) is 2.25. The van der Waals surface area contributed by atoms with Crippen molar-refractivity contribution in [3.63, 3.8) is 0 Å². The normalized spacial score (nSPS) is 27.6. The molecule has 0 aromatic carbocycles. The summed E-state index contributed by atoms with van der Waals surface area (Å²) < 4.78 is 25.4. The fraction of sp³-hybridized carbons (Fsp3) is 0.667. The molecule has 3 heterocycles. The number of nitrogens with zero attached hydrogens (tertiary/aromatic N) is 3. The van der Waals surface area contributed by atoms with Crippen LogP contribution in [0.15, 0.2) is 10.9 Å². The van der Waals surface area contributed by atoms with Gasteiger partial charge in [0.1, 0.15) is 5.69 Å². The lowest BCUT2D eigenvalue weighted by Crippen LogP contribution is -2.49. The molecule has 1 atom stereocenters. The molecule has 0 aliphatic carbocycles. The molecule has 2 fully saturated rings. The van der Waals surface area contributed by atoms with Crippen LogP contribution in [-0.4, -0.2) is 59.9 Å². The molecule has 0 N–H and O–H groups in total. The molecule has 2 aliphatic heterocycles. The largest absolute Gasteiger partial charge is 0.335 e. The molecule has 0 saturated carbocycles. The fourth-order valence-corrected chi connectivity index (χ4v) is 5.28. The highest BCUT2D eigenvalue weighted by Gasteiger charge is 2.50. The van der Waals surface area contributed by atoms with Crippen molar-refractivity contribution in [2.24, 2.45) is 0 Å². The van der Waals surface area contributed by atoms with Crippen molar-refractivity contribution >= 4 is 27.3 Å². The van der Waals surface area contributed by atoms with Crippen LogP contribution in [0.1, 0.15) is 29.8 Å². The van der Waals surface area contributed by atoms with Gasteiger partial charge in [-0.25, -0.2) is 13.4 Å². The smallest absolute Gasteiger partial charge is 0.273 e. The van der Waals surface area contributed by atoms with Gasteiger partial charge in [-0.3, -0.25) is 4.79 Å². The van der Waals surface area contributed by atoms with Gasteiger partial charge in [0.15, 0.2) is 0 Å². The minimum atomic E-state index is -3.22. The standard InChI is InChI=1S/C12H17N3O3S2/c1-20(17,18)15-5-2-3-12(15)4-6-14(8-12)11(16)10-7-19-9-13-10/h7,9H,2-6,8H2,1H3. The molecule has 6 nitrogen and oxygen atoms in total. The summed E-state index contributed by atoms with van der Waals surface area (Å²) in [5.74, 6) is -0.0940. The van der Waals surface area contributed by atoms with E-state index >= 15 is 0 Å². The summed E-state index contributed by atoms with van der Waals surface area (Å²) in [6, 6.07) is 0. The Morgan fingerprint density at radius 1 is 1.40 bits per heavy atom. The van der Waals surface area contributed by atoms with Crippen LogP contribution < -0.4 is 0 Å². The molecule has 110 valence electrons. The molecular weight excluding hydrogens is 298 g/mol. The van der Waals surface area contributed by atoms with Crippen molar-refractivity contribution in [2.45, 2.75) is 24.8 Å². The van der Waals surface area contributed by atoms with Crippen LogP contribution in [0.5, 0.6) is 0 Å². The van der Waals surface area contributed by atoms with Crippen molar-refractivity contribution in [3.05, 3.63) is 16.6 Å². The van der Waals surface area contributed by atoms with Crippen LogP contribution in [0.4, 0.5) is 0 Å². The fourth-order valence-electron chi connectivity index (χ4n) is 3.35. The lowest BCUT2D eigenvalue weighted by Gasteiger charge is -2.32. The SMILES string of the molecule is CS(=O)(=O)N1CCCC12CCN(C(=O)c1cscn1)C2. The molecule has 1 amide bonds. The Labute approximate surface area is 122 Å². The molecule has 0 radical (unpaired) electrons. The molecule has 1 spiro atoms. The monoisotopic (exact) mass is 315 g/mol. The maximum atomic E-state index is 12.3. The van der Waals surface area contributed by atoms with E-state index in [9.17, 15) is 13.2 Å². The van der Waals surface area contributed by atoms with Gasteiger partial charge in [-0.05, 0) is 19.3 Å². The van der Waals surface area contributed by atoms with Gasteiger partial charge in [0.25, 0.3) is 5.91 Å². The Morgan fingerprint density at radius 2 is 2.20 bits per heavy atom. The Hall–Kier alpha value is -0.990. The Bertz CT molecular complexity index is 614. The molecule has 8 heteroatoms. The number of hydrogen-bond donors (Lipinski definition) is 0. The zero-order valence-electron chi connectivity index (χ0n) is 11.3. The van der Waals surface area contributed by atoms with E-state index < -0.39 is 10.0 Å². The maximum absolute atomic E-state index is 12.3. The highest BCUT2D eigenvalue weighted by atomic mass is 32.2. The number of carbonyl (C=O) groups excluding carboxylic acids is 1. The van der Waals surface area contributed by atoms with Gasteiger partial charge in [-0.2, -0.15) is 4.31 Å². The molecule has 0 bridgehead atoms. The molecule has 2 saturated heterocycles. The number of sulfonamides is 1. The van der Waals surface area contributed by atoms with Gasteiger partial charge >= 0.3 is 0 Å². The van der Waals surface area contributed by atoms with Gasteiger partial charge in [0.05, 0.1) is 17.3 Å². The van der Waals surface area contributed by atoms with E-state index in [0.29, 0.717) is 25.3 Å². The quantitative estimate of drug-likeness (QED) is 0.809. The van der Waals surface area contributed by atoms with E-state index in [4.69, 9.17) is 0 Å². The summed E-state index contributed by atoms with van der Waals surface area (Å²) in [5.41, 5.74) is 1.70. The second kappa shape index (κ2) is 4.78. The second-order valence-electron chi connectivity index (χ2n) is 5.51. The van der Waals surface area contributed by atoms with Crippen molar-refractivity contribution in [1.82, 2.24) is 14.2 Å². The van der Waals surface area contributed by atoms with E-state index in [1.807, 2.05) is 0 Å². The summed E-state index contributed by atoms with van der Waals surface area (Å²) in [4.78, 5) is 18.1. The minimum absolute atomic E-state index is 0.0940. The van der Waals surface area contributed by atoms with Gasteiger partial charge in [0.2, 0.25) is 10.0 Å². The van der Waals surface area contributed by atoms with Crippen molar-refractivity contribution in [2.75, 3.05) is 25.9 Å². The summed E-state index contributed by atoms with van der Waals surface area (Å²) in [5, 5.41) is 1.73. The number of likely N-dealkylation sites (tertiary alicyclic amines) is 1. The van der Waals surface area contributed by atoms with Gasteiger partial charge in [-0.1, -0.05) is 0 Å². The first-order chi connectivity index (χ1) is 9.42. The molecule has 1 unspecified atom stereocenters. The first kappa shape index (κ1) is 14.0. The van der Waals surface area contributed by atoms with Crippen LogP contribution >= 0.6 is 11.3 Å². The number of thiazole rings is 1. The number of carbonyl (C=O) groups is 1. The summed E-state index contributed by atoms with van der Waals surface area (Å²) in [7, 11) is -3.22. The maximum Gasteiger partial charge on any atom is 0.273 e. The van der Waals surface area contributed by atoms with Gasteiger partial charge in [0, 0.05) is 25.0 Å². The van der Waals surface area contributed by atoms with Crippen LogP contribution in [-0.2, 0) is 10.0 Å². The lowest BCUT2D eigenvalue weighted by atomic mass is 9.97. The van der Waals surface area contributed by atoms with Crippen LogP contribution in [0.25, 0.3) is 0 Å². The molecule has 1 aromatic rings. The topological polar surface area (TPSA) is 70.6 Å². The van der Waals surface area contributed by atoms with E-state index in [1.54, 1.807) is 20.1 Å². The Kier molecular flexibility index (Phi) is 3.34. The third-order valence-electron chi connectivity index (χ3n) is 4.20. The summed E-state index contributed by atoms with van der Waals surface area (Å²) in [6.45, 7) is 1.65. The number of amides is 1. The Morgan fingerprint density at radius 3 is 2.85 bits per heavy atom. The lowest BCUT2D eigenvalue weighted by molar-refractivity contribution is 0.0767. The second-order valence-corrected chi connectivity index (χ2v) is 8.14. The number of hydrogen-bond acceptors (Lipinski definition) is 5. The van der Waals surface area contributed by atoms with Crippen LogP contribution in [0.3, 0.4) is 0 Å². The first-order valence-electron chi connectivity index (χ1n) is 6.58. The van der Waals surface area contributed by atoms with Gasteiger partial charge < -0.3 is 4.90 Å². The van der Waals surface area contributed by atoms with Crippen molar-refractivity contribution < 1.29 is 13.2 Å². The Balaban J connectivity index is 1.81. The molecular formula is C12H17N3O3S2. The van der Waals surface area contributed by atoms with Crippen molar-refractivity contribution in [3.8, 4) is 0 Å². The zero-order valence-corrected chi connectivity index (χ0v) is 12.9. The summed E-state index contributed by atoms with van der Waals surface area (Å²) in [6.07, 6.45) is 3.67. The van der Waals surface area contributed by atoms with Crippen LogP contribution in [0.2, 0.25) is 0 Å². The molecule has 20 heavy (non-hydrogen) atoms. The third-order valence-corrected chi connectivity index (χ3v) is 6.16. The zero-order chi connectivity index (χ0) is 14.4. The van der Waals surface area contributed by atoms with E-state index in [-0.39, 0.29) is 11.4 Å². The minimum Gasteiger partial charge on any atom is -0.335 e. The number of aromatic nitrogens is 1. The van der Waals surface area contributed by atoms with E-state index in [0.717, 1.165) is 19.3 Å².